The molecule has 3 amide bonds. The summed E-state index contributed by atoms with van der Waals surface area (Å²) in [6.45, 7) is 0. The van der Waals surface area contributed by atoms with Crippen molar-refractivity contribution in [2.24, 2.45) is 9.98 Å². The Balaban J connectivity index is 1.58. The number of amides is 3. The van der Waals surface area contributed by atoms with E-state index in [9.17, 15) is 24.5 Å². The fourth-order valence-corrected chi connectivity index (χ4v) is 3.17. The Morgan fingerprint density at radius 3 is 2.58 bits per heavy atom. The van der Waals surface area contributed by atoms with Gasteiger partial charge in [0.05, 0.1) is 10.7 Å². The molecule has 0 fully saturated rings. The molecular weight excluding hydrogens is 496 g/mol. The van der Waals surface area contributed by atoms with Gasteiger partial charge < -0.3 is 9.73 Å². The lowest BCUT2D eigenvalue weighted by molar-refractivity contribution is -0.384. The highest BCUT2D eigenvalue weighted by atomic mass is 79.9. The molecule has 12 nitrogen and oxygen atoms in total. The summed E-state index contributed by atoms with van der Waals surface area (Å²) in [6, 6.07) is 8.10. The summed E-state index contributed by atoms with van der Waals surface area (Å²) in [6.07, 6.45) is 0. The van der Waals surface area contributed by atoms with Crippen LogP contribution in [-0.4, -0.2) is 45.1 Å². The first-order chi connectivity index (χ1) is 14.7. The first kappa shape index (κ1) is 22.0. The number of thioether (sulfide) groups is 1. The van der Waals surface area contributed by atoms with Crippen LogP contribution < -0.4 is 10.6 Å². The number of hydrogen-bond acceptors (Lipinski definition) is 8. The van der Waals surface area contributed by atoms with Gasteiger partial charge in [0.1, 0.15) is 0 Å². The molecule has 0 spiro atoms. The summed E-state index contributed by atoms with van der Waals surface area (Å²) in [7, 11) is 0. The van der Waals surface area contributed by atoms with Gasteiger partial charge in [-0.05, 0) is 40.2 Å². The molecule has 1 aliphatic heterocycles. The van der Waals surface area contributed by atoms with E-state index in [2.05, 4.69) is 36.5 Å². The van der Waals surface area contributed by atoms with E-state index in [0.717, 1.165) is 11.8 Å². The number of hydrogen-bond donors (Lipinski definition) is 3. The van der Waals surface area contributed by atoms with Gasteiger partial charge >= 0.3 is 5.91 Å². The number of nitrogens with one attached hydrogen (secondary N) is 3. The number of benzene rings is 1. The van der Waals surface area contributed by atoms with E-state index in [1.807, 2.05) is 0 Å². The average molecular weight is 507 g/mol. The Morgan fingerprint density at radius 1 is 1.29 bits per heavy atom. The molecule has 1 aromatic heterocycles. The van der Waals surface area contributed by atoms with E-state index in [1.165, 1.54) is 36.4 Å². The average Bonchev–Trinajstić information content (AvgIpc) is 3.16. The van der Waals surface area contributed by atoms with E-state index < -0.39 is 34.2 Å². The molecule has 0 saturated carbocycles. The largest absolute Gasteiger partial charge is 0.444 e. The SMILES string of the molecule is N=C1N=C(SCC(=O)Nc2ccc([N+](=O)[O-])cc2)NC(=O)C1=NC(=O)c1ccc(Br)o1. The van der Waals surface area contributed by atoms with E-state index in [-0.39, 0.29) is 22.4 Å². The third-order valence-corrected chi connectivity index (χ3v) is 4.87. The van der Waals surface area contributed by atoms with Gasteiger partial charge in [0, 0.05) is 17.8 Å². The Labute approximate surface area is 186 Å². The summed E-state index contributed by atoms with van der Waals surface area (Å²) >= 11 is 3.90. The normalized spacial score (nSPS) is 14.7. The number of nitro groups is 1. The highest BCUT2D eigenvalue weighted by Crippen LogP contribution is 2.17. The molecule has 158 valence electrons. The lowest BCUT2D eigenvalue weighted by Gasteiger charge is -2.14. The van der Waals surface area contributed by atoms with E-state index in [1.54, 1.807) is 0 Å². The number of aliphatic imine (C=N–C) groups is 2. The summed E-state index contributed by atoms with van der Waals surface area (Å²) in [5, 5.41) is 23.4. The summed E-state index contributed by atoms with van der Waals surface area (Å²) in [5.41, 5.74) is -0.242. The standard InChI is InChI=1S/C17H11BrN6O6S/c18-11-6-5-10(30-11)15(26)21-13-14(19)22-17(23-16(13)27)31-7-12(25)20-8-1-3-9(4-2-8)24(28)29/h1-6H,7H2,(H,20,25)(H2,19,22,23,27). The zero-order valence-electron chi connectivity index (χ0n) is 15.2. The Hall–Kier alpha value is -3.65. The fourth-order valence-electron chi connectivity index (χ4n) is 2.20. The lowest BCUT2D eigenvalue weighted by Crippen LogP contribution is -2.43. The zero-order valence-corrected chi connectivity index (χ0v) is 17.7. The van der Waals surface area contributed by atoms with Crippen LogP contribution in [0.3, 0.4) is 0 Å². The molecule has 3 N–H and O–H groups in total. The van der Waals surface area contributed by atoms with Crippen LogP contribution in [-0.2, 0) is 9.59 Å². The van der Waals surface area contributed by atoms with Gasteiger partial charge in [-0.2, -0.15) is 4.99 Å². The predicted molar refractivity (Wildman–Crippen MR) is 116 cm³/mol. The highest BCUT2D eigenvalue weighted by Gasteiger charge is 2.27. The molecule has 3 rings (SSSR count). The van der Waals surface area contributed by atoms with Gasteiger partial charge in [0.2, 0.25) is 5.91 Å². The molecule has 31 heavy (non-hydrogen) atoms. The van der Waals surface area contributed by atoms with Crippen LogP contribution in [0.4, 0.5) is 11.4 Å². The van der Waals surface area contributed by atoms with Crippen LogP contribution in [0, 0.1) is 15.5 Å². The molecule has 0 aliphatic carbocycles. The van der Waals surface area contributed by atoms with Gasteiger partial charge in [-0.25, -0.2) is 4.99 Å². The molecule has 14 heteroatoms. The third-order valence-electron chi connectivity index (χ3n) is 3.57. The highest BCUT2D eigenvalue weighted by molar-refractivity contribution is 9.10. The molecule has 2 heterocycles. The number of nitrogens with zero attached hydrogens (tertiary/aromatic N) is 3. The van der Waals surface area contributed by atoms with E-state index in [4.69, 9.17) is 9.83 Å². The summed E-state index contributed by atoms with van der Waals surface area (Å²) in [5.74, 6) is -2.95. The Kier molecular flexibility index (Phi) is 6.71. The number of rotatable bonds is 5. The minimum atomic E-state index is -0.852. The minimum absolute atomic E-state index is 0.0130. The molecule has 0 atom stereocenters. The van der Waals surface area contributed by atoms with Crippen molar-refractivity contribution in [2.45, 2.75) is 0 Å². The minimum Gasteiger partial charge on any atom is -0.444 e. The quantitative estimate of drug-likeness (QED) is 0.410. The van der Waals surface area contributed by atoms with Crippen molar-refractivity contribution >= 4 is 73.5 Å². The number of amidine groups is 2. The van der Waals surface area contributed by atoms with Crippen molar-refractivity contribution in [3.63, 3.8) is 0 Å². The number of carbonyl (C=O) groups excluding carboxylic acids is 3. The summed E-state index contributed by atoms with van der Waals surface area (Å²) < 4.78 is 5.36. The van der Waals surface area contributed by atoms with Crippen molar-refractivity contribution < 1.29 is 23.7 Å². The molecule has 0 unspecified atom stereocenters. The fraction of sp³-hybridized carbons (Fsp3) is 0.0588. The first-order valence-electron chi connectivity index (χ1n) is 8.27. The molecule has 0 radical (unpaired) electrons. The van der Waals surface area contributed by atoms with Gasteiger partial charge in [-0.15, -0.1) is 0 Å². The second kappa shape index (κ2) is 9.44. The maximum atomic E-state index is 12.2. The number of nitro benzene ring substituents is 1. The molecule has 1 aromatic carbocycles. The molecule has 0 bridgehead atoms. The number of furan rings is 1. The Morgan fingerprint density at radius 2 is 2.00 bits per heavy atom. The predicted octanol–water partition coefficient (Wildman–Crippen LogP) is 2.37. The molecular formula is C17H11BrN6O6S. The van der Waals surface area contributed by atoms with Crippen molar-refractivity contribution in [1.29, 1.82) is 5.41 Å². The van der Waals surface area contributed by atoms with Gasteiger partial charge in [0.15, 0.2) is 27.1 Å². The van der Waals surface area contributed by atoms with Gasteiger partial charge in [0.25, 0.3) is 11.6 Å². The number of anilines is 1. The van der Waals surface area contributed by atoms with E-state index >= 15 is 0 Å². The van der Waals surface area contributed by atoms with Crippen LogP contribution in [0.2, 0.25) is 0 Å². The maximum absolute atomic E-state index is 12.2. The van der Waals surface area contributed by atoms with Gasteiger partial charge in [-0.3, -0.25) is 35.2 Å². The summed E-state index contributed by atoms with van der Waals surface area (Å²) in [4.78, 5) is 53.7. The third kappa shape index (κ3) is 5.70. The van der Waals surface area contributed by atoms with Gasteiger partial charge in [-0.1, -0.05) is 11.8 Å². The van der Waals surface area contributed by atoms with Crippen LogP contribution in [0.15, 0.2) is 55.5 Å². The first-order valence-corrected chi connectivity index (χ1v) is 10.0. The lowest BCUT2D eigenvalue weighted by atomic mass is 10.3. The van der Waals surface area contributed by atoms with Crippen molar-refractivity contribution in [1.82, 2.24) is 5.32 Å². The number of non-ortho nitro benzene ring substituents is 1. The Bertz CT molecular complexity index is 1160. The topological polar surface area (TPSA) is 180 Å². The second-order valence-electron chi connectivity index (χ2n) is 5.73. The smallest absolute Gasteiger partial charge is 0.313 e. The van der Waals surface area contributed by atoms with Crippen LogP contribution in [0.1, 0.15) is 10.6 Å². The monoisotopic (exact) mass is 506 g/mol. The van der Waals surface area contributed by atoms with Crippen molar-refractivity contribution in [3.8, 4) is 0 Å². The van der Waals surface area contributed by atoms with Crippen LogP contribution >= 0.6 is 27.7 Å². The molecule has 1 aliphatic rings. The van der Waals surface area contributed by atoms with Crippen molar-refractivity contribution in [2.75, 3.05) is 11.1 Å². The number of halogens is 1. The molecule has 2 aromatic rings. The maximum Gasteiger partial charge on any atom is 0.313 e. The van der Waals surface area contributed by atoms with Crippen LogP contribution in [0.25, 0.3) is 0 Å². The van der Waals surface area contributed by atoms with Crippen molar-refractivity contribution in [3.05, 3.63) is 56.9 Å². The zero-order chi connectivity index (χ0) is 22.5. The number of carbonyl (C=O) groups is 3. The van der Waals surface area contributed by atoms with E-state index in [0.29, 0.717) is 10.4 Å². The van der Waals surface area contributed by atoms with Crippen LogP contribution in [0.5, 0.6) is 0 Å². The second-order valence-corrected chi connectivity index (χ2v) is 7.48. The molecule has 0 saturated heterocycles.